The maximum absolute atomic E-state index is 11.8. The van der Waals surface area contributed by atoms with E-state index in [4.69, 9.17) is 0 Å². The average molecular weight is 348 g/mol. The van der Waals surface area contributed by atoms with Crippen LogP contribution in [0.1, 0.15) is 18.9 Å². The van der Waals surface area contributed by atoms with Gasteiger partial charge in [0.15, 0.2) is 0 Å². The molecular weight excluding hydrogens is 324 g/mol. The lowest BCUT2D eigenvalue weighted by atomic mass is 10.1. The van der Waals surface area contributed by atoms with E-state index in [9.17, 15) is 16.8 Å². The third-order valence-corrected chi connectivity index (χ3v) is 6.01. The molecule has 0 heterocycles. The van der Waals surface area contributed by atoms with Crippen LogP contribution in [0.4, 0.5) is 0 Å². The summed E-state index contributed by atoms with van der Waals surface area (Å²) in [5, 5.41) is 0. The molecule has 8 heteroatoms. The van der Waals surface area contributed by atoms with Crippen LogP contribution < -0.4 is 4.72 Å². The van der Waals surface area contributed by atoms with Crippen molar-refractivity contribution >= 4 is 20.0 Å². The predicted molar refractivity (Wildman–Crippen MR) is 88.6 cm³/mol. The van der Waals surface area contributed by atoms with Crippen LogP contribution in [-0.4, -0.2) is 52.8 Å². The first-order valence-corrected chi connectivity index (χ1v) is 10.7. The summed E-state index contributed by atoms with van der Waals surface area (Å²) in [5.74, 6) is 0.0515. The molecule has 0 radical (unpaired) electrons. The highest BCUT2D eigenvalue weighted by Gasteiger charge is 2.17. The molecule has 0 unspecified atom stereocenters. The smallest absolute Gasteiger partial charge is 0.211 e. The van der Waals surface area contributed by atoms with Gasteiger partial charge in [-0.25, -0.2) is 25.9 Å². The van der Waals surface area contributed by atoms with E-state index >= 15 is 0 Å². The first-order chi connectivity index (χ1) is 10.2. The summed E-state index contributed by atoms with van der Waals surface area (Å²) in [7, 11) is -6.68. The highest BCUT2D eigenvalue weighted by atomic mass is 32.2. The highest BCUT2D eigenvalue weighted by molar-refractivity contribution is 7.89. The number of rotatable bonds is 10. The molecule has 1 rings (SSSR count). The van der Waals surface area contributed by atoms with Crippen molar-refractivity contribution in [2.24, 2.45) is 0 Å². The number of hydrogen-bond acceptors (Lipinski definition) is 4. The van der Waals surface area contributed by atoms with Crippen molar-refractivity contribution in [1.29, 1.82) is 0 Å². The summed E-state index contributed by atoms with van der Waals surface area (Å²) in [6.45, 7) is 2.33. The lowest BCUT2D eigenvalue weighted by Gasteiger charge is -2.20. The van der Waals surface area contributed by atoms with Crippen molar-refractivity contribution < 1.29 is 16.8 Å². The van der Waals surface area contributed by atoms with Crippen molar-refractivity contribution in [3.8, 4) is 0 Å². The Hall–Kier alpha value is -0.960. The fourth-order valence-electron chi connectivity index (χ4n) is 2.01. The van der Waals surface area contributed by atoms with Gasteiger partial charge in [0.2, 0.25) is 20.0 Å². The zero-order chi connectivity index (χ0) is 16.6. The van der Waals surface area contributed by atoms with E-state index in [2.05, 4.69) is 4.72 Å². The molecule has 0 bridgehead atoms. The van der Waals surface area contributed by atoms with Gasteiger partial charge in [-0.05, 0) is 18.4 Å². The zero-order valence-electron chi connectivity index (χ0n) is 13.0. The number of hydrogen-bond donors (Lipinski definition) is 1. The van der Waals surface area contributed by atoms with E-state index in [1.54, 1.807) is 6.92 Å². The highest BCUT2D eigenvalue weighted by Crippen LogP contribution is 2.04. The van der Waals surface area contributed by atoms with Crippen molar-refractivity contribution in [3.63, 3.8) is 0 Å². The van der Waals surface area contributed by atoms with Crippen LogP contribution >= 0.6 is 0 Å². The molecule has 0 aliphatic rings. The van der Waals surface area contributed by atoms with Crippen molar-refractivity contribution in [1.82, 2.24) is 9.03 Å². The predicted octanol–water partition coefficient (Wildman–Crippen LogP) is 0.820. The van der Waals surface area contributed by atoms with Crippen LogP contribution in [0, 0.1) is 0 Å². The van der Waals surface area contributed by atoms with Crippen LogP contribution in [0.3, 0.4) is 0 Å². The summed E-state index contributed by atoms with van der Waals surface area (Å²) in [5.41, 5.74) is 1.04. The summed E-state index contributed by atoms with van der Waals surface area (Å²) in [6.07, 6.45) is 2.26. The third kappa shape index (κ3) is 7.35. The second-order valence-corrected chi connectivity index (χ2v) is 9.02. The minimum Gasteiger partial charge on any atom is -0.214 e. The van der Waals surface area contributed by atoms with Crippen LogP contribution in [0.5, 0.6) is 0 Å². The van der Waals surface area contributed by atoms with Crippen molar-refractivity contribution in [2.45, 2.75) is 19.8 Å². The monoisotopic (exact) mass is 348 g/mol. The minimum atomic E-state index is -3.37. The fourth-order valence-corrected chi connectivity index (χ4v) is 3.94. The zero-order valence-corrected chi connectivity index (χ0v) is 14.7. The Balaban J connectivity index is 2.56. The number of nitrogens with zero attached hydrogens (tertiary/aromatic N) is 1. The molecule has 0 fully saturated rings. The third-order valence-electron chi connectivity index (χ3n) is 3.12. The van der Waals surface area contributed by atoms with Crippen molar-refractivity contribution in [3.05, 3.63) is 35.9 Å². The van der Waals surface area contributed by atoms with Gasteiger partial charge in [-0.3, -0.25) is 0 Å². The van der Waals surface area contributed by atoms with Crippen LogP contribution in [0.15, 0.2) is 30.3 Å². The molecule has 0 saturated carbocycles. The molecule has 22 heavy (non-hydrogen) atoms. The lowest BCUT2D eigenvalue weighted by molar-refractivity contribution is 0.420. The summed E-state index contributed by atoms with van der Waals surface area (Å²) < 4.78 is 50.4. The first-order valence-electron chi connectivity index (χ1n) is 7.21. The summed E-state index contributed by atoms with van der Waals surface area (Å²) >= 11 is 0. The molecule has 0 aliphatic heterocycles. The Bertz CT molecular complexity index is 643. The molecule has 0 aliphatic carbocycles. The van der Waals surface area contributed by atoms with Gasteiger partial charge in [0.05, 0.1) is 12.0 Å². The Labute approximate surface area is 133 Å². The van der Waals surface area contributed by atoms with Gasteiger partial charge in [0, 0.05) is 19.6 Å². The van der Waals surface area contributed by atoms with Gasteiger partial charge in [-0.15, -0.1) is 0 Å². The molecule has 0 aromatic heterocycles. The van der Waals surface area contributed by atoms with E-state index < -0.39 is 20.0 Å². The van der Waals surface area contributed by atoms with Gasteiger partial charge in [-0.1, -0.05) is 37.3 Å². The molecule has 0 atom stereocenters. The maximum atomic E-state index is 11.8. The van der Waals surface area contributed by atoms with E-state index in [-0.39, 0.29) is 18.8 Å². The van der Waals surface area contributed by atoms with Crippen LogP contribution in [-0.2, 0) is 26.5 Å². The van der Waals surface area contributed by atoms with Gasteiger partial charge in [0.25, 0.3) is 0 Å². The summed E-state index contributed by atoms with van der Waals surface area (Å²) in [6, 6.07) is 9.58. The molecule has 1 aromatic carbocycles. The number of nitrogens with one attached hydrogen (secondary N) is 1. The Morgan fingerprint density at radius 1 is 1.05 bits per heavy atom. The quantitative estimate of drug-likeness (QED) is 0.678. The molecule has 126 valence electrons. The van der Waals surface area contributed by atoms with Gasteiger partial charge < -0.3 is 0 Å². The second kappa shape index (κ2) is 8.61. The Morgan fingerprint density at radius 3 is 2.23 bits per heavy atom. The molecule has 6 nitrogen and oxygen atoms in total. The van der Waals surface area contributed by atoms with Crippen molar-refractivity contribution in [2.75, 3.05) is 31.6 Å². The van der Waals surface area contributed by atoms with Gasteiger partial charge in [0.1, 0.15) is 0 Å². The number of sulfonamides is 2. The van der Waals surface area contributed by atoms with Gasteiger partial charge in [-0.2, -0.15) is 0 Å². The lowest BCUT2D eigenvalue weighted by Crippen LogP contribution is -2.39. The molecule has 1 N–H and O–H groups in total. The SMILES string of the molecule is CCCS(=O)(=O)NCCN(CCc1ccccc1)S(C)(=O)=O. The van der Waals surface area contributed by atoms with E-state index in [1.165, 1.54) is 4.31 Å². The molecule has 1 aromatic rings. The number of benzene rings is 1. The topological polar surface area (TPSA) is 83.6 Å². The second-order valence-electron chi connectivity index (χ2n) is 5.11. The van der Waals surface area contributed by atoms with Crippen LogP contribution in [0.25, 0.3) is 0 Å². The first kappa shape index (κ1) is 19.1. The standard InChI is InChI=1S/C14H24N2O4S2/c1-3-13-22(19,20)15-10-12-16(21(2,17)18)11-9-14-7-5-4-6-8-14/h4-8,15H,3,9-13H2,1-2H3. The van der Waals surface area contributed by atoms with E-state index in [1.807, 2.05) is 30.3 Å². The molecule has 0 saturated heterocycles. The molecule has 0 spiro atoms. The van der Waals surface area contributed by atoms with Crippen LogP contribution in [0.2, 0.25) is 0 Å². The maximum Gasteiger partial charge on any atom is 0.211 e. The minimum absolute atomic E-state index is 0.0515. The largest absolute Gasteiger partial charge is 0.214 e. The normalized spacial score (nSPS) is 12.7. The molecule has 0 amide bonds. The van der Waals surface area contributed by atoms with E-state index in [0.717, 1.165) is 11.8 Å². The molecular formula is C14H24N2O4S2. The fraction of sp³-hybridized carbons (Fsp3) is 0.571. The van der Waals surface area contributed by atoms with E-state index in [0.29, 0.717) is 19.4 Å². The Morgan fingerprint density at radius 2 is 1.68 bits per heavy atom. The average Bonchev–Trinajstić information content (AvgIpc) is 2.42. The Kier molecular flexibility index (Phi) is 7.47. The summed E-state index contributed by atoms with van der Waals surface area (Å²) in [4.78, 5) is 0. The van der Waals surface area contributed by atoms with Gasteiger partial charge >= 0.3 is 0 Å².